The van der Waals surface area contributed by atoms with Crippen LogP contribution in [-0.2, 0) is 6.42 Å². The lowest BCUT2D eigenvalue weighted by Gasteiger charge is -2.22. The van der Waals surface area contributed by atoms with Crippen LogP contribution in [-0.4, -0.2) is 11.4 Å². The molecule has 1 N–H and O–H groups in total. The number of hydrogen-bond donors (Lipinski definition) is 1. The Bertz CT molecular complexity index is 406. The summed E-state index contributed by atoms with van der Waals surface area (Å²) < 4.78 is 13.7. The quantitative estimate of drug-likeness (QED) is 0.445. The lowest BCUT2D eigenvalue weighted by molar-refractivity contribution is 0.319. The molecule has 0 spiro atoms. The number of fused-ring (bicyclic) bond motifs is 1. The van der Waals surface area contributed by atoms with Gasteiger partial charge >= 0.3 is 0 Å². The molecule has 0 amide bonds. The van der Waals surface area contributed by atoms with Crippen molar-refractivity contribution in [1.82, 2.24) is 0 Å². The topological polar surface area (TPSA) is 32.6 Å². The molecule has 2 rings (SSSR count). The average molecular weight is 228 g/mol. The zero-order valence-corrected chi connectivity index (χ0v) is 8.84. The van der Waals surface area contributed by atoms with E-state index in [1.54, 1.807) is 6.07 Å². The van der Waals surface area contributed by atoms with Crippen LogP contribution in [0.2, 0.25) is 5.02 Å². The fraction of sp³-hybridized carbons (Fsp3) is 0.364. The van der Waals surface area contributed by atoms with Crippen LogP contribution in [0.3, 0.4) is 0 Å². The minimum Gasteiger partial charge on any atom is -0.411 e. The van der Waals surface area contributed by atoms with Crippen LogP contribution in [0.4, 0.5) is 4.39 Å². The number of halogens is 2. The van der Waals surface area contributed by atoms with E-state index in [2.05, 4.69) is 5.16 Å². The zero-order chi connectivity index (χ0) is 10.8. The predicted octanol–water partition coefficient (Wildman–Crippen LogP) is 3.36. The maximum absolute atomic E-state index is 13.7. The normalized spacial score (nSPS) is 20.5. The highest BCUT2D eigenvalue weighted by Gasteiger charge is 2.23. The molecule has 1 aliphatic rings. The largest absolute Gasteiger partial charge is 0.411 e. The van der Waals surface area contributed by atoms with Crippen molar-refractivity contribution in [3.05, 3.63) is 34.1 Å². The molecule has 0 bridgehead atoms. The van der Waals surface area contributed by atoms with Crippen LogP contribution in [0.15, 0.2) is 17.3 Å². The van der Waals surface area contributed by atoms with Gasteiger partial charge in [-0.3, -0.25) is 0 Å². The number of aryl methyl sites for hydroxylation is 1. The first-order valence-corrected chi connectivity index (χ1v) is 5.25. The van der Waals surface area contributed by atoms with E-state index in [9.17, 15) is 4.39 Å². The number of benzene rings is 1. The van der Waals surface area contributed by atoms with E-state index in [0.717, 1.165) is 24.8 Å². The van der Waals surface area contributed by atoms with Gasteiger partial charge in [-0.15, -0.1) is 5.16 Å². The van der Waals surface area contributed by atoms with Gasteiger partial charge in [0, 0.05) is 10.9 Å². The molecule has 80 valence electrons. The first-order chi connectivity index (χ1) is 7.22. The summed E-state index contributed by atoms with van der Waals surface area (Å²) in [6.07, 6.45) is 4.00. The third-order valence-electron chi connectivity index (χ3n) is 2.76. The number of rotatable bonds is 1. The summed E-state index contributed by atoms with van der Waals surface area (Å²) in [5.41, 5.74) is 1.56. The standard InChI is InChI=1S/C11H11ClFNO/c12-9-4-7-2-1-3-8(6-14-15)11(7)10(13)5-9/h4-6,8,15H,1-3H2/b14-6+. The Labute approximate surface area is 92.4 Å². The molecule has 1 atom stereocenters. The molecule has 0 saturated heterocycles. The smallest absolute Gasteiger partial charge is 0.128 e. The van der Waals surface area contributed by atoms with Crippen molar-refractivity contribution in [2.24, 2.45) is 5.16 Å². The highest BCUT2D eigenvalue weighted by molar-refractivity contribution is 6.30. The molecule has 0 aromatic heterocycles. The molecule has 0 saturated carbocycles. The maximum Gasteiger partial charge on any atom is 0.128 e. The maximum atomic E-state index is 13.7. The van der Waals surface area contributed by atoms with E-state index in [-0.39, 0.29) is 11.7 Å². The van der Waals surface area contributed by atoms with Gasteiger partial charge in [0.05, 0.1) is 6.21 Å². The van der Waals surface area contributed by atoms with E-state index in [4.69, 9.17) is 16.8 Å². The van der Waals surface area contributed by atoms with Crippen molar-refractivity contribution in [3.8, 4) is 0 Å². The first kappa shape index (κ1) is 10.4. The molecular formula is C11H11ClFNO. The first-order valence-electron chi connectivity index (χ1n) is 4.87. The Hall–Kier alpha value is -1.09. The molecule has 2 nitrogen and oxygen atoms in total. The van der Waals surface area contributed by atoms with Gasteiger partial charge in [0.1, 0.15) is 5.82 Å². The molecular weight excluding hydrogens is 217 g/mol. The van der Waals surface area contributed by atoms with Gasteiger partial charge in [-0.2, -0.15) is 0 Å². The third kappa shape index (κ3) is 1.97. The molecule has 4 heteroatoms. The molecule has 0 fully saturated rings. The van der Waals surface area contributed by atoms with Gasteiger partial charge in [-0.25, -0.2) is 4.39 Å². The highest BCUT2D eigenvalue weighted by Crippen LogP contribution is 2.34. The van der Waals surface area contributed by atoms with Crippen molar-refractivity contribution in [1.29, 1.82) is 0 Å². The second-order valence-corrected chi connectivity index (χ2v) is 4.16. The molecule has 0 aliphatic heterocycles. The lowest BCUT2D eigenvalue weighted by Crippen LogP contribution is -2.13. The van der Waals surface area contributed by atoms with Gasteiger partial charge < -0.3 is 5.21 Å². The van der Waals surface area contributed by atoms with E-state index in [1.807, 2.05) is 0 Å². The predicted molar refractivity (Wildman–Crippen MR) is 57.4 cm³/mol. The average Bonchev–Trinajstić information content (AvgIpc) is 2.17. The molecule has 0 radical (unpaired) electrons. The molecule has 1 aromatic rings. The molecule has 1 aliphatic carbocycles. The van der Waals surface area contributed by atoms with E-state index in [0.29, 0.717) is 10.6 Å². The summed E-state index contributed by atoms with van der Waals surface area (Å²) in [6.45, 7) is 0. The Kier molecular flexibility index (Phi) is 2.91. The summed E-state index contributed by atoms with van der Waals surface area (Å²) in [5, 5.41) is 11.9. The van der Waals surface area contributed by atoms with Crippen molar-refractivity contribution in [2.45, 2.75) is 25.2 Å². The SMILES string of the molecule is O/N=C/C1CCCc2cc(Cl)cc(F)c21. The summed E-state index contributed by atoms with van der Waals surface area (Å²) in [6, 6.07) is 3.10. The van der Waals surface area contributed by atoms with Gasteiger partial charge in [-0.1, -0.05) is 11.6 Å². The van der Waals surface area contributed by atoms with Crippen LogP contribution >= 0.6 is 11.6 Å². The number of oxime groups is 1. The Morgan fingerprint density at radius 2 is 2.33 bits per heavy atom. The fourth-order valence-corrected chi connectivity index (χ4v) is 2.37. The van der Waals surface area contributed by atoms with E-state index in [1.165, 1.54) is 12.3 Å². The highest BCUT2D eigenvalue weighted by atomic mass is 35.5. The molecule has 0 heterocycles. The second-order valence-electron chi connectivity index (χ2n) is 3.72. The van der Waals surface area contributed by atoms with Crippen molar-refractivity contribution >= 4 is 17.8 Å². The van der Waals surface area contributed by atoms with Crippen LogP contribution in [0, 0.1) is 5.82 Å². The Morgan fingerprint density at radius 1 is 1.53 bits per heavy atom. The van der Waals surface area contributed by atoms with Crippen molar-refractivity contribution < 1.29 is 9.60 Å². The molecule has 15 heavy (non-hydrogen) atoms. The molecule has 1 unspecified atom stereocenters. The van der Waals surface area contributed by atoms with Crippen molar-refractivity contribution in [2.75, 3.05) is 0 Å². The van der Waals surface area contributed by atoms with E-state index >= 15 is 0 Å². The van der Waals surface area contributed by atoms with Crippen LogP contribution < -0.4 is 0 Å². The second kappa shape index (κ2) is 4.19. The summed E-state index contributed by atoms with van der Waals surface area (Å²) in [5.74, 6) is -0.432. The molecule has 1 aromatic carbocycles. The van der Waals surface area contributed by atoms with Crippen LogP contribution in [0.5, 0.6) is 0 Å². The van der Waals surface area contributed by atoms with Gasteiger partial charge in [-0.05, 0) is 42.5 Å². The summed E-state index contributed by atoms with van der Waals surface area (Å²) in [4.78, 5) is 0. The number of nitrogens with zero attached hydrogens (tertiary/aromatic N) is 1. The van der Waals surface area contributed by atoms with Crippen molar-refractivity contribution in [3.63, 3.8) is 0 Å². The third-order valence-corrected chi connectivity index (χ3v) is 2.98. The minimum atomic E-state index is -0.304. The Morgan fingerprint density at radius 3 is 3.07 bits per heavy atom. The van der Waals surface area contributed by atoms with Gasteiger partial charge in [0.2, 0.25) is 0 Å². The van der Waals surface area contributed by atoms with E-state index < -0.39 is 0 Å². The summed E-state index contributed by atoms with van der Waals surface area (Å²) in [7, 11) is 0. The van der Waals surface area contributed by atoms with Gasteiger partial charge in [0.15, 0.2) is 0 Å². The lowest BCUT2D eigenvalue weighted by atomic mass is 9.83. The minimum absolute atomic E-state index is 0.129. The van der Waals surface area contributed by atoms with Gasteiger partial charge in [0.25, 0.3) is 0 Å². The summed E-state index contributed by atoms with van der Waals surface area (Å²) >= 11 is 5.78. The Balaban J connectivity index is 2.50. The number of hydrogen-bond acceptors (Lipinski definition) is 2. The fourth-order valence-electron chi connectivity index (χ4n) is 2.15. The van der Waals surface area contributed by atoms with Crippen LogP contribution in [0.25, 0.3) is 0 Å². The monoisotopic (exact) mass is 227 g/mol. The zero-order valence-electron chi connectivity index (χ0n) is 8.08. The van der Waals surface area contributed by atoms with Crippen LogP contribution in [0.1, 0.15) is 29.9 Å².